The summed E-state index contributed by atoms with van der Waals surface area (Å²) in [5.74, 6) is 0.519. The molecule has 0 aliphatic heterocycles. The Hall–Kier alpha value is -2.87. The number of carbonyl (C=O) groups is 1. The molecule has 0 saturated heterocycles. The molecule has 0 radical (unpaired) electrons. The van der Waals surface area contributed by atoms with Gasteiger partial charge < -0.3 is 10.6 Å². The zero-order valence-electron chi connectivity index (χ0n) is 11.1. The molecular formula is C15H14N4O. The van der Waals surface area contributed by atoms with E-state index in [4.69, 9.17) is 5.26 Å². The monoisotopic (exact) mass is 266 g/mol. The predicted molar refractivity (Wildman–Crippen MR) is 76.1 cm³/mol. The van der Waals surface area contributed by atoms with Gasteiger partial charge in [-0.2, -0.15) is 5.26 Å². The number of hydrogen-bond donors (Lipinski definition) is 2. The van der Waals surface area contributed by atoms with Crippen molar-refractivity contribution < 1.29 is 4.79 Å². The summed E-state index contributed by atoms with van der Waals surface area (Å²) in [4.78, 5) is 16.0. The van der Waals surface area contributed by atoms with Crippen LogP contribution in [0, 0.1) is 11.3 Å². The standard InChI is InChI=1S/C15H14N4O/c1-17-14-6-5-13(10-18-14)15(20)19-9-12-4-2-3-11(7-12)8-16/h2-7,10H,9H2,1H3,(H,17,18)(H,19,20). The Kier molecular flexibility index (Phi) is 4.30. The number of hydrogen-bond acceptors (Lipinski definition) is 4. The molecule has 0 fully saturated rings. The molecule has 1 heterocycles. The Morgan fingerprint density at radius 3 is 2.85 bits per heavy atom. The van der Waals surface area contributed by atoms with Gasteiger partial charge in [-0.3, -0.25) is 4.79 Å². The van der Waals surface area contributed by atoms with Crippen molar-refractivity contribution in [2.24, 2.45) is 0 Å². The summed E-state index contributed by atoms with van der Waals surface area (Å²) in [5, 5.41) is 14.5. The van der Waals surface area contributed by atoms with Crippen LogP contribution < -0.4 is 10.6 Å². The maximum absolute atomic E-state index is 11.9. The molecule has 0 aliphatic rings. The number of carbonyl (C=O) groups excluding carboxylic acids is 1. The van der Waals surface area contributed by atoms with Crippen molar-refractivity contribution in [2.75, 3.05) is 12.4 Å². The highest BCUT2D eigenvalue weighted by Gasteiger charge is 2.05. The third kappa shape index (κ3) is 3.33. The van der Waals surface area contributed by atoms with Gasteiger partial charge in [0.15, 0.2) is 0 Å². The minimum atomic E-state index is -0.192. The Bertz CT molecular complexity index is 644. The highest BCUT2D eigenvalue weighted by Crippen LogP contribution is 2.06. The van der Waals surface area contributed by atoms with E-state index in [1.54, 1.807) is 37.4 Å². The van der Waals surface area contributed by atoms with E-state index in [9.17, 15) is 4.79 Å². The van der Waals surface area contributed by atoms with Crippen LogP contribution in [0.2, 0.25) is 0 Å². The van der Waals surface area contributed by atoms with Crippen molar-refractivity contribution in [1.82, 2.24) is 10.3 Å². The van der Waals surface area contributed by atoms with Gasteiger partial charge >= 0.3 is 0 Å². The maximum atomic E-state index is 11.9. The molecule has 100 valence electrons. The summed E-state index contributed by atoms with van der Waals surface area (Å²) >= 11 is 0. The van der Waals surface area contributed by atoms with Crippen LogP contribution >= 0.6 is 0 Å². The van der Waals surface area contributed by atoms with Crippen molar-refractivity contribution in [3.8, 4) is 6.07 Å². The summed E-state index contributed by atoms with van der Waals surface area (Å²) in [7, 11) is 1.77. The van der Waals surface area contributed by atoms with Gasteiger partial charge in [-0.1, -0.05) is 12.1 Å². The molecule has 5 nitrogen and oxygen atoms in total. The first-order chi connectivity index (χ1) is 9.72. The number of nitrogens with one attached hydrogen (secondary N) is 2. The predicted octanol–water partition coefficient (Wildman–Crippen LogP) is 1.92. The van der Waals surface area contributed by atoms with Gasteiger partial charge in [-0.25, -0.2) is 4.98 Å². The lowest BCUT2D eigenvalue weighted by atomic mass is 10.1. The number of anilines is 1. The van der Waals surface area contributed by atoms with Gasteiger partial charge in [0.05, 0.1) is 17.2 Å². The van der Waals surface area contributed by atoms with Crippen LogP contribution in [-0.4, -0.2) is 17.9 Å². The first kappa shape index (κ1) is 13.6. The van der Waals surface area contributed by atoms with E-state index < -0.39 is 0 Å². The third-order valence-electron chi connectivity index (χ3n) is 2.79. The summed E-state index contributed by atoms with van der Waals surface area (Å²) in [5.41, 5.74) is 1.97. The molecular weight excluding hydrogens is 252 g/mol. The number of nitriles is 1. The summed E-state index contributed by atoms with van der Waals surface area (Å²) in [6.45, 7) is 0.377. The Labute approximate surface area is 117 Å². The van der Waals surface area contributed by atoms with Gasteiger partial charge in [-0.05, 0) is 29.8 Å². The van der Waals surface area contributed by atoms with Crippen molar-refractivity contribution in [1.29, 1.82) is 5.26 Å². The van der Waals surface area contributed by atoms with Gasteiger partial charge in [0, 0.05) is 19.8 Å². The number of rotatable bonds is 4. The van der Waals surface area contributed by atoms with E-state index >= 15 is 0 Å². The van der Waals surface area contributed by atoms with Gasteiger partial charge in [0.1, 0.15) is 5.82 Å². The highest BCUT2D eigenvalue weighted by molar-refractivity contribution is 5.93. The van der Waals surface area contributed by atoms with Crippen LogP contribution in [0.25, 0.3) is 0 Å². The first-order valence-electron chi connectivity index (χ1n) is 6.14. The second-order valence-electron chi connectivity index (χ2n) is 4.18. The van der Waals surface area contributed by atoms with E-state index in [2.05, 4.69) is 21.7 Å². The Balaban J connectivity index is 1.99. The molecule has 0 spiro atoms. The largest absolute Gasteiger partial charge is 0.373 e. The number of pyridine rings is 1. The maximum Gasteiger partial charge on any atom is 0.253 e. The molecule has 1 aromatic heterocycles. The second kappa shape index (κ2) is 6.34. The molecule has 2 rings (SSSR count). The molecule has 20 heavy (non-hydrogen) atoms. The Morgan fingerprint density at radius 1 is 1.35 bits per heavy atom. The van der Waals surface area contributed by atoms with Gasteiger partial charge in [0.2, 0.25) is 0 Å². The summed E-state index contributed by atoms with van der Waals surface area (Å²) in [6.07, 6.45) is 1.52. The molecule has 2 aromatic rings. The van der Waals surface area contributed by atoms with Crippen molar-refractivity contribution >= 4 is 11.7 Å². The topological polar surface area (TPSA) is 77.8 Å². The van der Waals surface area contributed by atoms with Crippen LogP contribution in [0.3, 0.4) is 0 Å². The fourth-order valence-electron chi connectivity index (χ4n) is 1.71. The average Bonchev–Trinajstić information content (AvgIpc) is 2.53. The number of nitrogens with zero attached hydrogens (tertiary/aromatic N) is 2. The van der Waals surface area contributed by atoms with Crippen molar-refractivity contribution in [3.63, 3.8) is 0 Å². The summed E-state index contributed by atoms with van der Waals surface area (Å²) in [6, 6.07) is 12.7. The lowest BCUT2D eigenvalue weighted by Gasteiger charge is -2.06. The fraction of sp³-hybridized carbons (Fsp3) is 0.133. The van der Waals surface area contributed by atoms with Crippen molar-refractivity contribution in [2.45, 2.75) is 6.54 Å². The van der Waals surface area contributed by atoms with E-state index in [-0.39, 0.29) is 5.91 Å². The minimum Gasteiger partial charge on any atom is -0.373 e. The SMILES string of the molecule is CNc1ccc(C(=O)NCc2cccc(C#N)c2)cn1. The van der Waals surface area contributed by atoms with Crippen molar-refractivity contribution in [3.05, 3.63) is 59.3 Å². The average molecular weight is 266 g/mol. The highest BCUT2D eigenvalue weighted by atomic mass is 16.1. The molecule has 0 saturated carbocycles. The van der Waals surface area contributed by atoms with Crippen LogP contribution in [0.5, 0.6) is 0 Å². The number of aromatic nitrogens is 1. The number of amides is 1. The van der Waals surface area contributed by atoms with E-state index in [0.717, 1.165) is 5.56 Å². The molecule has 1 amide bonds. The second-order valence-corrected chi connectivity index (χ2v) is 4.18. The molecule has 1 aromatic carbocycles. The quantitative estimate of drug-likeness (QED) is 0.886. The molecule has 0 atom stereocenters. The van der Waals surface area contributed by atoms with Crippen LogP contribution in [0.15, 0.2) is 42.6 Å². The zero-order valence-corrected chi connectivity index (χ0v) is 11.1. The van der Waals surface area contributed by atoms with Gasteiger partial charge in [0.25, 0.3) is 5.91 Å². The van der Waals surface area contributed by atoms with E-state index in [1.165, 1.54) is 6.20 Å². The lowest BCUT2D eigenvalue weighted by molar-refractivity contribution is 0.0950. The normalized spacial score (nSPS) is 9.60. The lowest BCUT2D eigenvalue weighted by Crippen LogP contribution is -2.22. The van der Waals surface area contributed by atoms with Gasteiger partial charge in [-0.15, -0.1) is 0 Å². The molecule has 0 unspecified atom stereocenters. The summed E-state index contributed by atoms with van der Waals surface area (Å²) < 4.78 is 0. The van der Waals surface area contributed by atoms with Crippen LogP contribution in [-0.2, 0) is 6.54 Å². The molecule has 5 heteroatoms. The number of benzene rings is 1. The third-order valence-corrected chi connectivity index (χ3v) is 2.79. The fourth-order valence-corrected chi connectivity index (χ4v) is 1.71. The zero-order chi connectivity index (χ0) is 14.4. The Morgan fingerprint density at radius 2 is 2.20 bits per heavy atom. The van der Waals surface area contributed by atoms with E-state index in [0.29, 0.717) is 23.5 Å². The molecule has 0 aliphatic carbocycles. The molecule has 2 N–H and O–H groups in total. The molecule has 0 bridgehead atoms. The first-order valence-corrected chi connectivity index (χ1v) is 6.14. The van der Waals surface area contributed by atoms with E-state index in [1.807, 2.05) is 6.07 Å². The van der Waals surface area contributed by atoms with Crippen LogP contribution in [0.4, 0.5) is 5.82 Å². The van der Waals surface area contributed by atoms with Crippen LogP contribution in [0.1, 0.15) is 21.5 Å². The minimum absolute atomic E-state index is 0.192. The smallest absolute Gasteiger partial charge is 0.253 e.